The molecule has 1 saturated carbocycles. The highest BCUT2D eigenvalue weighted by Gasteiger charge is 2.42. The van der Waals surface area contributed by atoms with Crippen molar-refractivity contribution in [3.8, 4) is 0 Å². The first kappa shape index (κ1) is 14.1. The fourth-order valence-corrected chi connectivity index (χ4v) is 2.60. The Morgan fingerprint density at radius 1 is 1.43 bits per heavy atom. The van der Waals surface area contributed by atoms with E-state index in [2.05, 4.69) is 10.3 Å². The molecule has 2 aromatic rings. The van der Waals surface area contributed by atoms with Gasteiger partial charge in [0.05, 0.1) is 12.6 Å². The van der Waals surface area contributed by atoms with Crippen LogP contribution in [-0.4, -0.2) is 35.2 Å². The van der Waals surface area contributed by atoms with Crippen LogP contribution in [0.15, 0.2) is 30.5 Å². The molecule has 1 atom stereocenters. The maximum atomic E-state index is 12.1. The van der Waals surface area contributed by atoms with Gasteiger partial charge >= 0.3 is 0 Å². The molecule has 0 saturated heterocycles. The van der Waals surface area contributed by atoms with E-state index in [4.69, 9.17) is 5.73 Å². The average Bonchev–Trinajstić information content (AvgIpc) is 3.20. The summed E-state index contributed by atoms with van der Waals surface area (Å²) >= 11 is 0. The minimum absolute atomic E-state index is 0.0871. The van der Waals surface area contributed by atoms with Gasteiger partial charge in [0, 0.05) is 29.1 Å². The van der Waals surface area contributed by atoms with Gasteiger partial charge < -0.3 is 21.1 Å². The van der Waals surface area contributed by atoms with Gasteiger partial charge in [0.1, 0.15) is 0 Å². The molecule has 5 N–H and O–H groups in total. The van der Waals surface area contributed by atoms with Crippen molar-refractivity contribution in [2.45, 2.75) is 25.3 Å². The van der Waals surface area contributed by atoms with E-state index in [0.717, 1.165) is 29.3 Å². The Kier molecular flexibility index (Phi) is 3.69. The Morgan fingerprint density at radius 2 is 2.19 bits per heavy atom. The SMILES string of the molecule is NC(Cc1c[nH]c2ccccc12)C(=O)NCC1(CO)CC1. The van der Waals surface area contributed by atoms with Crippen LogP contribution in [0.3, 0.4) is 0 Å². The number of aliphatic hydroxyl groups is 1. The van der Waals surface area contributed by atoms with E-state index in [1.54, 1.807) is 0 Å². The lowest BCUT2D eigenvalue weighted by Gasteiger charge is -2.16. The molecule has 1 aliphatic carbocycles. The third-order valence-corrected chi connectivity index (χ3v) is 4.38. The highest BCUT2D eigenvalue weighted by atomic mass is 16.3. The Balaban J connectivity index is 1.60. The van der Waals surface area contributed by atoms with Crippen molar-refractivity contribution >= 4 is 16.8 Å². The lowest BCUT2D eigenvalue weighted by atomic mass is 10.0. The van der Waals surface area contributed by atoms with Gasteiger partial charge in [-0.25, -0.2) is 0 Å². The Bertz CT molecular complexity index is 646. The molecule has 112 valence electrons. The number of amides is 1. The Hall–Kier alpha value is -1.85. The zero-order valence-corrected chi connectivity index (χ0v) is 11.9. The summed E-state index contributed by atoms with van der Waals surface area (Å²) in [5.74, 6) is -0.153. The summed E-state index contributed by atoms with van der Waals surface area (Å²) in [5.41, 5.74) is 8.02. The number of hydrogen-bond acceptors (Lipinski definition) is 3. The van der Waals surface area contributed by atoms with Crippen molar-refractivity contribution in [2.24, 2.45) is 11.1 Å². The number of carbonyl (C=O) groups excluding carboxylic acids is 1. The molecular formula is C16H21N3O2. The lowest BCUT2D eigenvalue weighted by Crippen LogP contribution is -2.44. The monoisotopic (exact) mass is 287 g/mol. The van der Waals surface area contributed by atoms with E-state index in [0.29, 0.717) is 13.0 Å². The molecular weight excluding hydrogens is 266 g/mol. The molecule has 1 heterocycles. The first-order valence-electron chi connectivity index (χ1n) is 7.33. The van der Waals surface area contributed by atoms with E-state index in [9.17, 15) is 9.90 Å². The number of hydrogen-bond donors (Lipinski definition) is 4. The summed E-state index contributed by atoms with van der Waals surface area (Å²) in [4.78, 5) is 15.3. The lowest BCUT2D eigenvalue weighted by molar-refractivity contribution is -0.122. The fraction of sp³-hybridized carbons (Fsp3) is 0.438. The molecule has 0 aliphatic heterocycles. The predicted molar refractivity (Wildman–Crippen MR) is 81.7 cm³/mol. The summed E-state index contributed by atoms with van der Waals surface area (Å²) in [6, 6.07) is 7.40. The zero-order valence-electron chi connectivity index (χ0n) is 11.9. The molecule has 1 unspecified atom stereocenters. The van der Waals surface area contributed by atoms with Gasteiger partial charge in [-0.2, -0.15) is 0 Å². The molecule has 1 aliphatic rings. The van der Waals surface area contributed by atoms with Gasteiger partial charge in [-0.15, -0.1) is 0 Å². The normalized spacial score (nSPS) is 17.6. The number of aromatic nitrogens is 1. The first-order chi connectivity index (χ1) is 10.1. The second kappa shape index (κ2) is 5.50. The molecule has 21 heavy (non-hydrogen) atoms. The number of carbonyl (C=O) groups is 1. The molecule has 1 amide bonds. The molecule has 5 nitrogen and oxygen atoms in total. The van der Waals surface area contributed by atoms with E-state index in [1.165, 1.54) is 0 Å². The van der Waals surface area contributed by atoms with Crippen LogP contribution in [0.25, 0.3) is 10.9 Å². The number of nitrogens with two attached hydrogens (primary N) is 1. The number of nitrogens with one attached hydrogen (secondary N) is 2. The van der Waals surface area contributed by atoms with Gasteiger partial charge in [-0.05, 0) is 30.9 Å². The summed E-state index contributed by atoms with van der Waals surface area (Å²) < 4.78 is 0. The molecule has 1 fully saturated rings. The van der Waals surface area contributed by atoms with Crippen molar-refractivity contribution in [3.05, 3.63) is 36.0 Å². The van der Waals surface area contributed by atoms with E-state index in [1.807, 2.05) is 30.5 Å². The third-order valence-electron chi connectivity index (χ3n) is 4.38. The smallest absolute Gasteiger partial charge is 0.237 e. The number of aliphatic hydroxyl groups excluding tert-OH is 1. The largest absolute Gasteiger partial charge is 0.396 e. The summed E-state index contributed by atoms with van der Waals surface area (Å²) in [6.45, 7) is 0.648. The van der Waals surface area contributed by atoms with Crippen molar-refractivity contribution in [1.29, 1.82) is 0 Å². The van der Waals surface area contributed by atoms with Gasteiger partial charge in [-0.1, -0.05) is 18.2 Å². The molecule has 0 spiro atoms. The van der Waals surface area contributed by atoms with E-state index < -0.39 is 6.04 Å². The van der Waals surface area contributed by atoms with Crippen LogP contribution in [-0.2, 0) is 11.2 Å². The number of aromatic amines is 1. The van der Waals surface area contributed by atoms with Gasteiger partial charge in [0.2, 0.25) is 5.91 Å². The maximum Gasteiger partial charge on any atom is 0.237 e. The molecule has 3 rings (SSSR count). The van der Waals surface area contributed by atoms with Gasteiger partial charge in [0.15, 0.2) is 0 Å². The van der Waals surface area contributed by atoms with Crippen LogP contribution in [0.2, 0.25) is 0 Å². The van der Waals surface area contributed by atoms with Crippen LogP contribution in [0, 0.1) is 5.41 Å². The highest BCUT2D eigenvalue weighted by molar-refractivity contribution is 5.86. The molecule has 1 aromatic heterocycles. The standard InChI is InChI=1S/C16H21N3O2/c17-13(15(21)19-9-16(10-20)5-6-16)7-11-8-18-14-4-2-1-3-12(11)14/h1-4,8,13,18,20H,5-7,9-10,17H2,(H,19,21). The second-order valence-corrected chi connectivity index (χ2v) is 6.05. The summed E-state index contributed by atoms with van der Waals surface area (Å²) in [6.07, 6.45) is 4.36. The highest BCUT2D eigenvalue weighted by Crippen LogP contribution is 2.44. The minimum Gasteiger partial charge on any atom is -0.396 e. The van der Waals surface area contributed by atoms with Crippen molar-refractivity contribution in [3.63, 3.8) is 0 Å². The molecule has 0 bridgehead atoms. The van der Waals surface area contributed by atoms with Crippen LogP contribution >= 0.6 is 0 Å². The van der Waals surface area contributed by atoms with Crippen molar-refractivity contribution in [2.75, 3.05) is 13.2 Å². The quantitative estimate of drug-likeness (QED) is 0.637. The Labute approximate surface area is 123 Å². The Morgan fingerprint density at radius 3 is 2.90 bits per heavy atom. The fourth-order valence-electron chi connectivity index (χ4n) is 2.60. The van der Waals surface area contributed by atoms with Crippen molar-refractivity contribution < 1.29 is 9.90 Å². The molecule has 5 heteroatoms. The average molecular weight is 287 g/mol. The maximum absolute atomic E-state index is 12.1. The summed E-state index contributed by atoms with van der Waals surface area (Å²) in [5, 5.41) is 13.2. The first-order valence-corrected chi connectivity index (χ1v) is 7.33. The number of H-pyrrole nitrogens is 1. The van der Waals surface area contributed by atoms with Crippen LogP contribution in [0.1, 0.15) is 18.4 Å². The van der Waals surface area contributed by atoms with Gasteiger partial charge in [0.25, 0.3) is 0 Å². The number of rotatable bonds is 6. The number of fused-ring (bicyclic) bond motifs is 1. The number of benzene rings is 1. The summed E-state index contributed by atoms with van der Waals surface area (Å²) in [7, 11) is 0. The second-order valence-electron chi connectivity index (χ2n) is 6.05. The van der Waals surface area contributed by atoms with Crippen LogP contribution < -0.4 is 11.1 Å². The minimum atomic E-state index is -0.571. The third kappa shape index (κ3) is 2.94. The van der Waals surface area contributed by atoms with Crippen LogP contribution in [0.5, 0.6) is 0 Å². The van der Waals surface area contributed by atoms with E-state index >= 15 is 0 Å². The predicted octanol–water partition coefficient (Wildman–Crippen LogP) is 0.926. The van der Waals surface area contributed by atoms with Gasteiger partial charge in [-0.3, -0.25) is 4.79 Å². The van der Waals surface area contributed by atoms with Crippen molar-refractivity contribution in [1.82, 2.24) is 10.3 Å². The molecule has 1 aromatic carbocycles. The zero-order chi connectivity index (χ0) is 14.9. The number of para-hydroxylation sites is 1. The van der Waals surface area contributed by atoms with Crippen LogP contribution in [0.4, 0.5) is 0 Å². The van der Waals surface area contributed by atoms with E-state index in [-0.39, 0.29) is 17.9 Å². The topological polar surface area (TPSA) is 91.1 Å². The molecule has 0 radical (unpaired) electrons.